The van der Waals surface area contributed by atoms with Crippen molar-refractivity contribution in [2.75, 3.05) is 0 Å². The number of nitrogens with zero attached hydrogens (tertiary/aromatic N) is 1. The van der Waals surface area contributed by atoms with Crippen molar-refractivity contribution in [2.24, 2.45) is 5.41 Å². The van der Waals surface area contributed by atoms with Crippen LogP contribution in [0.5, 0.6) is 0 Å². The fraction of sp³-hybridized carbons (Fsp3) is 0.333. The number of fused-ring (bicyclic) bond motifs is 5. The van der Waals surface area contributed by atoms with Crippen LogP contribution in [0.15, 0.2) is 115 Å². The smallest absolute Gasteiger partial charge is 0.0582 e. The van der Waals surface area contributed by atoms with Gasteiger partial charge in [-0.15, -0.1) is 0 Å². The SMILES string of the molecule is CC(C)(C)C1=CC=C(c2cc3c4c(c2)c2cc(-c5ccc(C(C)(C)C)cc5)ccc2n4-c2ccc(-c4ccc(C(C)(C)C)cc4)cc2C3(C)C)CC1. The Kier molecular flexibility index (Phi) is 7.75. The molecule has 0 amide bonds. The number of allylic oxidation sites excluding steroid dienone is 4. The summed E-state index contributed by atoms with van der Waals surface area (Å²) < 4.78 is 2.57. The van der Waals surface area contributed by atoms with Crippen LogP contribution in [0, 0.1) is 5.41 Å². The highest BCUT2D eigenvalue weighted by molar-refractivity contribution is 6.13. The average Bonchev–Trinajstić information content (AvgIpc) is 3.43. The van der Waals surface area contributed by atoms with E-state index in [9.17, 15) is 0 Å². The first-order chi connectivity index (χ1) is 24.4. The number of rotatable bonds is 3. The molecule has 52 heavy (non-hydrogen) atoms. The Morgan fingerprint density at radius 1 is 0.481 bits per heavy atom. The molecule has 1 nitrogen and oxygen atoms in total. The lowest BCUT2D eigenvalue weighted by Gasteiger charge is -2.36. The summed E-state index contributed by atoms with van der Waals surface area (Å²) in [5, 5.41) is 2.67. The molecule has 1 aromatic heterocycles. The molecular weight excluding hydrogens is 627 g/mol. The van der Waals surface area contributed by atoms with Gasteiger partial charge >= 0.3 is 0 Å². The molecular formula is C51H55N. The van der Waals surface area contributed by atoms with Crippen LogP contribution in [0.3, 0.4) is 0 Å². The molecule has 264 valence electrons. The molecule has 0 radical (unpaired) electrons. The van der Waals surface area contributed by atoms with Crippen LogP contribution in [0.2, 0.25) is 0 Å². The van der Waals surface area contributed by atoms with E-state index in [1.807, 2.05) is 0 Å². The zero-order valence-corrected chi connectivity index (χ0v) is 33.3. The normalized spacial score (nSPS) is 15.8. The molecule has 0 fully saturated rings. The van der Waals surface area contributed by atoms with E-state index in [1.165, 1.54) is 88.7 Å². The molecule has 0 atom stereocenters. The first-order valence-corrected chi connectivity index (χ1v) is 19.3. The fourth-order valence-corrected chi connectivity index (χ4v) is 8.62. The van der Waals surface area contributed by atoms with Crippen molar-refractivity contribution in [2.45, 2.75) is 105 Å². The minimum Gasteiger partial charge on any atom is -0.309 e. The predicted octanol–water partition coefficient (Wildman–Crippen LogP) is 14.5. The van der Waals surface area contributed by atoms with E-state index >= 15 is 0 Å². The Morgan fingerprint density at radius 3 is 1.54 bits per heavy atom. The van der Waals surface area contributed by atoms with Crippen LogP contribution in [-0.2, 0) is 16.2 Å². The molecule has 6 aromatic rings. The minimum atomic E-state index is -0.192. The molecule has 0 N–H and O–H groups in total. The van der Waals surface area contributed by atoms with E-state index in [-0.39, 0.29) is 21.7 Å². The van der Waals surface area contributed by atoms with Crippen molar-refractivity contribution >= 4 is 27.4 Å². The van der Waals surface area contributed by atoms with Crippen LogP contribution < -0.4 is 0 Å². The quantitative estimate of drug-likeness (QED) is 0.175. The second-order valence-corrected chi connectivity index (χ2v) is 19.1. The van der Waals surface area contributed by atoms with Gasteiger partial charge in [-0.1, -0.05) is 155 Å². The summed E-state index contributed by atoms with van der Waals surface area (Å²) in [7, 11) is 0. The van der Waals surface area contributed by atoms with Crippen molar-refractivity contribution in [3.05, 3.63) is 143 Å². The van der Waals surface area contributed by atoms with Crippen molar-refractivity contribution in [3.63, 3.8) is 0 Å². The van der Waals surface area contributed by atoms with E-state index in [4.69, 9.17) is 0 Å². The lowest BCUT2D eigenvalue weighted by Crippen LogP contribution is -2.26. The van der Waals surface area contributed by atoms with Crippen LogP contribution in [0.1, 0.15) is 117 Å². The molecule has 2 aliphatic rings. The monoisotopic (exact) mass is 681 g/mol. The molecule has 2 heterocycles. The number of hydrogen-bond donors (Lipinski definition) is 0. The topological polar surface area (TPSA) is 4.93 Å². The Balaban J connectivity index is 1.35. The average molecular weight is 682 g/mol. The Labute approximate surface area is 312 Å². The molecule has 1 heteroatoms. The van der Waals surface area contributed by atoms with Gasteiger partial charge in [0.25, 0.3) is 0 Å². The van der Waals surface area contributed by atoms with Gasteiger partial charge in [0.2, 0.25) is 0 Å². The summed E-state index contributed by atoms with van der Waals surface area (Å²) in [6, 6.07) is 37.8. The van der Waals surface area contributed by atoms with Crippen molar-refractivity contribution in [3.8, 4) is 27.9 Å². The van der Waals surface area contributed by atoms with E-state index in [2.05, 4.69) is 190 Å². The van der Waals surface area contributed by atoms with Gasteiger partial charge in [-0.05, 0) is 121 Å². The van der Waals surface area contributed by atoms with Crippen LogP contribution in [-0.4, -0.2) is 4.57 Å². The molecule has 0 saturated heterocycles. The predicted molar refractivity (Wildman–Crippen MR) is 226 cm³/mol. The molecule has 1 aliphatic heterocycles. The maximum Gasteiger partial charge on any atom is 0.0582 e. The van der Waals surface area contributed by atoms with Gasteiger partial charge in [-0.2, -0.15) is 0 Å². The second-order valence-electron chi connectivity index (χ2n) is 19.1. The highest BCUT2D eigenvalue weighted by Crippen LogP contribution is 2.50. The van der Waals surface area contributed by atoms with Gasteiger partial charge in [0.05, 0.1) is 16.7 Å². The minimum absolute atomic E-state index is 0.129. The molecule has 0 spiro atoms. The highest BCUT2D eigenvalue weighted by atomic mass is 15.0. The van der Waals surface area contributed by atoms with Gasteiger partial charge in [0.15, 0.2) is 0 Å². The van der Waals surface area contributed by atoms with Crippen molar-refractivity contribution in [1.82, 2.24) is 4.57 Å². The van der Waals surface area contributed by atoms with E-state index < -0.39 is 0 Å². The second kappa shape index (κ2) is 11.7. The summed E-state index contributed by atoms with van der Waals surface area (Å²) in [5.74, 6) is 0. The molecule has 0 saturated carbocycles. The lowest BCUT2D eigenvalue weighted by molar-refractivity contribution is 0.482. The lowest BCUT2D eigenvalue weighted by atomic mass is 9.72. The zero-order chi connectivity index (χ0) is 37.0. The first-order valence-electron chi connectivity index (χ1n) is 19.3. The van der Waals surface area contributed by atoms with Gasteiger partial charge < -0.3 is 4.57 Å². The van der Waals surface area contributed by atoms with Crippen LogP contribution in [0.25, 0.3) is 55.3 Å². The third-order valence-electron chi connectivity index (χ3n) is 12.1. The number of hydrogen-bond acceptors (Lipinski definition) is 0. The van der Waals surface area contributed by atoms with Crippen molar-refractivity contribution < 1.29 is 0 Å². The highest BCUT2D eigenvalue weighted by Gasteiger charge is 2.36. The number of aromatic nitrogens is 1. The Hall–Kier alpha value is -4.62. The van der Waals surface area contributed by atoms with Gasteiger partial charge in [0, 0.05) is 16.2 Å². The van der Waals surface area contributed by atoms with Crippen LogP contribution in [0.4, 0.5) is 0 Å². The molecule has 0 bridgehead atoms. The van der Waals surface area contributed by atoms with E-state index in [1.54, 1.807) is 0 Å². The summed E-state index contributed by atoms with van der Waals surface area (Å²) in [6.45, 7) is 25.6. The summed E-state index contributed by atoms with van der Waals surface area (Å²) in [4.78, 5) is 0. The molecule has 1 aliphatic carbocycles. The van der Waals surface area contributed by atoms with Crippen molar-refractivity contribution in [1.29, 1.82) is 0 Å². The molecule has 8 rings (SSSR count). The van der Waals surface area contributed by atoms with E-state index in [0.717, 1.165) is 12.8 Å². The maximum atomic E-state index is 2.57. The molecule has 5 aromatic carbocycles. The molecule has 0 unspecified atom stereocenters. The third kappa shape index (κ3) is 5.69. The first kappa shape index (κ1) is 34.5. The number of benzene rings is 5. The maximum absolute atomic E-state index is 2.57. The Morgan fingerprint density at radius 2 is 1.00 bits per heavy atom. The standard InChI is InChI=1S/C51H55N/c1-48(2,3)38-20-12-32(13-21-38)35-18-26-45-41(28-35)42-29-37(34-16-24-40(25-17-34)50(7,8)9)31-44-47(42)52(45)46-27-19-36(30-43(46)51(44,10)11)33-14-22-39(23-15-33)49(4,5)6/h12-16,18-24,26-31H,17,25H2,1-11H3. The van der Waals surface area contributed by atoms with E-state index in [0.29, 0.717) is 0 Å². The summed E-state index contributed by atoms with van der Waals surface area (Å²) >= 11 is 0. The van der Waals surface area contributed by atoms with Gasteiger partial charge in [0.1, 0.15) is 0 Å². The summed E-state index contributed by atoms with van der Waals surface area (Å²) in [5.41, 5.74) is 19.1. The van der Waals surface area contributed by atoms with Crippen LogP contribution >= 0.6 is 0 Å². The Bertz CT molecular complexity index is 2430. The van der Waals surface area contributed by atoms with Gasteiger partial charge in [-0.3, -0.25) is 0 Å². The zero-order valence-electron chi connectivity index (χ0n) is 33.3. The third-order valence-corrected chi connectivity index (χ3v) is 12.1. The summed E-state index contributed by atoms with van der Waals surface area (Å²) in [6.07, 6.45) is 6.99. The largest absolute Gasteiger partial charge is 0.309 e. The fourth-order valence-electron chi connectivity index (χ4n) is 8.62. The van der Waals surface area contributed by atoms with Gasteiger partial charge in [-0.25, -0.2) is 0 Å².